The Labute approximate surface area is 107 Å². The molecule has 1 unspecified atom stereocenters. The number of nitrogens with one attached hydrogen (secondary N) is 1. The van der Waals surface area contributed by atoms with E-state index in [-0.39, 0.29) is 6.54 Å². The SMILES string of the molecule is CC(C)CNC(N)=NCC(C)(O)c1ccsc1. The van der Waals surface area contributed by atoms with E-state index in [9.17, 15) is 5.11 Å². The van der Waals surface area contributed by atoms with E-state index >= 15 is 0 Å². The molecular weight excluding hydrogens is 234 g/mol. The molecule has 1 heterocycles. The number of thiophene rings is 1. The maximum atomic E-state index is 10.2. The highest BCUT2D eigenvalue weighted by molar-refractivity contribution is 7.08. The summed E-state index contributed by atoms with van der Waals surface area (Å²) in [5.41, 5.74) is 5.64. The molecule has 0 saturated heterocycles. The van der Waals surface area contributed by atoms with Gasteiger partial charge < -0.3 is 16.2 Å². The lowest BCUT2D eigenvalue weighted by atomic mass is 10.00. The Morgan fingerprint density at radius 3 is 2.88 bits per heavy atom. The predicted molar refractivity (Wildman–Crippen MR) is 73.2 cm³/mol. The number of nitrogens with zero attached hydrogens (tertiary/aromatic N) is 1. The fourth-order valence-electron chi connectivity index (χ4n) is 1.27. The summed E-state index contributed by atoms with van der Waals surface area (Å²) in [5, 5.41) is 17.1. The van der Waals surface area contributed by atoms with Gasteiger partial charge in [0, 0.05) is 6.54 Å². The van der Waals surface area contributed by atoms with Crippen molar-refractivity contribution >= 4 is 17.3 Å². The van der Waals surface area contributed by atoms with Gasteiger partial charge in [0.1, 0.15) is 5.60 Å². The Bertz CT molecular complexity index is 358. The third kappa shape index (κ3) is 4.75. The minimum atomic E-state index is -0.954. The summed E-state index contributed by atoms with van der Waals surface area (Å²) >= 11 is 1.56. The van der Waals surface area contributed by atoms with Gasteiger partial charge in [-0.2, -0.15) is 11.3 Å². The van der Waals surface area contributed by atoms with Gasteiger partial charge >= 0.3 is 0 Å². The molecule has 5 heteroatoms. The minimum Gasteiger partial charge on any atom is -0.383 e. The normalized spacial score (nSPS) is 15.9. The summed E-state index contributed by atoms with van der Waals surface area (Å²) in [6.07, 6.45) is 0. The molecule has 0 aliphatic heterocycles. The summed E-state index contributed by atoms with van der Waals surface area (Å²) in [4.78, 5) is 4.16. The van der Waals surface area contributed by atoms with Crippen molar-refractivity contribution in [3.63, 3.8) is 0 Å². The monoisotopic (exact) mass is 255 g/mol. The van der Waals surface area contributed by atoms with Gasteiger partial charge in [-0.15, -0.1) is 0 Å². The molecule has 0 aliphatic carbocycles. The van der Waals surface area contributed by atoms with Crippen molar-refractivity contribution in [3.05, 3.63) is 22.4 Å². The van der Waals surface area contributed by atoms with Crippen molar-refractivity contribution in [1.82, 2.24) is 5.32 Å². The first-order valence-electron chi connectivity index (χ1n) is 5.70. The smallest absolute Gasteiger partial charge is 0.188 e. The average Bonchev–Trinajstić information content (AvgIpc) is 2.77. The van der Waals surface area contributed by atoms with E-state index in [1.54, 1.807) is 18.3 Å². The van der Waals surface area contributed by atoms with Crippen LogP contribution in [0.25, 0.3) is 0 Å². The van der Waals surface area contributed by atoms with Crippen molar-refractivity contribution in [1.29, 1.82) is 0 Å². The van der Waals surface area contributed by atoms with Crippen molar-refractivity contribution in [3.8, 4) is 0 Å². The quantitative estimate of drug-likeness (QED) is 0.552. The summed E-state index contributed by atoms with van der Waals surface area (Å²) in [6.45, 7) is 6.99. The number of aliphatic hydroxyl groups is 1. The molecule has 0 bridgehead atoms. The molecule has 0 spiro atoms. The molecule has 1 aromatic heterocycles. The molecule has 96 valence electrons. The van der Waals surface area contributed by atoms with E-state index in [1.165, 1.54) is 0 Å². The second kappa shape index (κ2) is 6.02. The van der Waals surface area contributed by atoms with Gasteiger partial charge in [-0.1, -0.05) is 13.8 Å². The van der Waals surface area contributed by atoms with Crippen molar-refractivity contribution < 1.29 is 5.11 Å². The highest BCUT2D eigenvalue weighted by Crippen LogP contribution is 2.22. The third-order valence-corrected chi connectivity index (χ3v) is 3.08. The Balaban J connectivity index is 2.51. The summed E-state index contributed by atoms with van der Waals surface area (Å²) in [6, 6.07) is 1.90. The van der Waals surface area contributed by atoms with Crippen LogP contribution in [0.5, 0.6) is 0 Å². The molecule has 4 N–H and O–H groups in total. The van der Waals surface area contributed by atoms with Crippen LogP contribution in [0, 0.1) is 5.92 Å². The third-order valence-electron chi connectivity index (χ3n) is 2.39. The van der Waals surface area contributed by atoms with E-state index < -0.39 is 5.60 Å². The lowest BCUT2D eigenvalue weighted by Crippen LogP contribution is -2.36. The van der Waals surface area contributed by atoms with Gasteiger partial charge in [-0.3, -0.25) is 4.99 Å². The van der Waals surface area contributed by atoms with E-state index in [0.717, 1.165) is 12.1 Å². The fourth-order valence-corrected chi connectivity index (χ4v) is 2.05. The first-order valence-corrected chi connectivity index (χ1v) is 6.65. The summed E-state index contributed by atoms with van der Waals surface area (Å²) < 4.78 is 0. The van der Waals surface area contributed by atoms with Crippen LogP contribution in [0.3, 0.4) is 0 Å². The molecule has 0 amide bonds. The highest BCUT2D eigenvalue weighted by atomic mass is 32.1. The van der Waals surface area contributed by atoms with Crippen LogP contribution in [0.2, 0.25) is 0 Å². The maximum Gasteiger partial charge on any atom is 0.188 e. The van der Waals surface area contributed by atoms with Crippen LogP contribution in [0.1, 0.15) is 26.3 Å². The second-order valence-corrected chi connectivity index (χ2v) is 5.54. The predicted octanol–water partition coefficient (Wildman–Crippen LogP) is 1.52. The standard InChI is InChI=1S/C12H21N3OS/c1-9(2)6-14-11(13)15-8-12(3,16)10-4-5-17-7-10/h4-5,7,9,16H,6,8H2,1-3H3,(H3,13,14,15). The van der Waals surface area contributed by atoms with Crippen LogP contribution in [-0.2, 0) is 5.60 Å². The van der Waals surface area contributed by atoms with E-state index in [4.69, 9.17) is 5.73 Å². The lowest BCUT2D eigenvalue weighted by molar-refractivity contribution is 0.0678. The van der Waals surface area contributed by atoms with Crippen LogP contribution < -0.4 is 11.1 Å². The topological polar surface area (TPSA) is 70.6 Å². The van der Waals surface area contributed by atoms with Gasteiger partial charge in [0.25, 0.3) is 0 Å². The molecule has 1 rings (SSSR count). The Morgan fingerprint density at radius 2 is 2.35 bits per heavy atom. The van der Waals surface area contributed by atoms with Gasteiger partial charge in [0.15, 0.2) is 5.96 Å². The molecule has 17 heavy (non-hydrogen) atoms. The Hall–Kier alpha value is -1.07. The van der Waals surface area contributed by atoms with Crippen LogP contribution in [0.4, 0.5) is 0 Å². The summed E-state index contributed by atoms with van der Waals surface area (Å²) in [7, 11) is 0. The van der Waals surface area contributed by atoms with E-state index in [2.05, 4.69) is 24.2 Å². The number of hydrogen-bond acceptors (Lipinski definition) is 3. The first-order chi connectivity index (χ1) is 7.92. The van der Waals surface area contributed by atoms with Gasteiger partial charge in [0.05, 0.1) is 6.54 Å². The van der Waals surface area contributed by atoms with Crippen LogP contribution in [0.15, 0.2) is 21.8 Å². The minimum absolute atomic E-state index is 0.265. The largest absolute Gasteiger partial charge is 0.383 e. The van der Waals surface area contributed by atoms with Crippen molar-refractivity contribution in [2.75, 3.05) is 13.1 Å². The molecule has 1 aromatic rings. The summed E-state index contributed by atoms with van der Waals surface area (Å²) in [5.74, 6) is 0.898. The zero-order chi connectivity index (χ0) is 12.9. The number of aliphatic imine (C=N–C) groups is 1. The molecule has 0 radical (unpaired) electrons. The molecule has 0 fully saturated rings. The van der Waals surface area contributed by atoms with Crippen molar-refractivity contribution in [2.24, 2.45) is 16.6 Å². The molecule has 4 nitrogen and oxygen atoms in total. The highest BCUT2D eigenvalue weighted by Gasteiger charge is 2.22. The molecule has 0 aliphatic rings. The number of nitrogens with two attached hydrogens (primary N) is 1. The zero-order valence-electron chi connectivity index (χ0n) is 10.6. The second-order valence-electron chi connectivity index (χ2n) is 4.76. The average molecular weight is 255 g/mol. The lowest BCUT2D eigenvalue weighted by Gasteiger charge is -2.20. The van der Waals surface area contributed by atoms with Gasteiger partial charge in [-0.25, -0.2) is 0 Å². The zero-order valence-corrected chi connectivity index (χ0v) is 11.4. The van der Waals surface area contributed by atoms with E-state index in [0.29, 0.717) is 11.9 Å². The van der Waals surface area contributed by atoms with Crippen molar-refractivity contribution in [2.45, 2.75) is 26.4 Å². The van der Waals surface area contributed by atoms with Gasteiger partial charge in [0.2, 0.25) is 0 Å². The first kappa shape index (κ1) is 14.0. The Morgan fingerprint density at radius 1 is 1.65 bits per heavy atom. The van der Waals surface area contributed by atoms with Crippen LogP contribution >= 0.6 is 11.3 Å². The molecule has 0 aromatic carbocycles. The maximum absolute atomic E-state index is 10.2. The fraction of sp³-hybridized carbons (Fsp3) is 0.583. The van der Waals surface area contributed by atoms with Crippen LogP contribution in [-0.4, -0.2) is 24.2 Å². The number of rotatable bonds is 5. The molecule has 1 atom stereocenters. The Kier molecular flexibility index (Phi) is 4.96. The van der Waals surface area contributed by atoms with E-state index in [1.807, 2.05) is 16.8 Å². The van der Waals surface area contributed by atoms with Gasteiger partial charge in [-0.05, 0) is 35.2 Å². The number of hydrogen-bond donors (Lipinski definition) is 3. The molecule has 0 saturated carbocycles. The molecular formula is C12H21N3OS. The number of guanidine groups is 1.